The van der Waals surface area contributed by atoms with Gasteiger partial charge in [-0.05, 0) is 42.7 Å². The van der Waals surface area contributed by atoms with Crippen molar-refractivity contribution in [2.45, 2.75) is 32.1 Å². The van der Waals surface area contributed by atoms with E-state index in [2.05, 4.69) is 30.3 Å². The highest BCUT2D eigenvalue weighted by Crippen LogP contribution is 2.37. The molecule has 0 heterocycles. The summed E-state index contributed by atoms with van der Waals surface area (Å²) < 4.78 is 0. The van der Waals surface area contributed by atoms with E-state index >= 15 is 0 Å². The summed E-state index contributed by atoms with van der Waals surface area (Å²) in [6, 6.07) is 8.86. The minimum Gasteiger partial charge on any atom is -0.0662 e. The molecule has 1 fully saturated rings. The maximum Gasteiger partial charge on any atom is -0.0159 e. The molecule has 0 radical (unpaired) electrons. The lowest BCUT2D eigenvalue weighted by Gasteiger charge is -2.29. The minimum absolute atomic E-state index is 0.874. The van der Waals surface area contributed by atoms with Gasteiger partial charge in [-0.2, -0.15) is 0 Å². The van der Waals surface area contributed by atoms with Crippen molar-refractivity contribution in [3.05, 3.63) is 41.0 Å². The van der Waals surface area contributed by atoms with Gasteiger partial charge in [-0.25, -0.2) is 0 Å². The maximum atomic E-state index is 2.45. The van der Waals surface area contributed by atoms with Gasteiger partial charge in [-0.3, -0.25) is 0 Å². The number of hydrogen-bond acceptors (Lipinski definition) is 0. The first-order valence-corrected chi connectivity index (χ1v) is 5.72. The molecule has 0 spiro atoms. The van der Waals surface area contributed by atoms with E-state index in [1.807, 2.05) is 0 Å². The van der Waals surface area contributed by atoms with E-state index in [-0.39, 0.29) is 0 Å². The fourth-order valence-corrected chi connectivity index (χ4v) is 2.86. The van der Waals surface area contributed by atoms with Crippen LogP contribution in [0, 0.1) is 5.92 Å². The second-order valence-corrected chi connectivity index (χ2v) is 4.56. The van der Waals surface area contributed by atoms with Crippen LogP contribution < -0.4 is 0 Å². The minimum atomic E-state index is 0.874. The SMILES string of the molecule is C1=C2CCCC[C@H]2Cc2ccccc21. The van der Waals surface area contributed by atoms with Crippen molar-refractivity contribution < 1.29 is 0 Å². The van der Waals surface area contributed by atoms with Crippen molar-refractivity contribution in [3.8, 4) is 0 Å². The summed E-state index contributed by atoms with van der Waals surface area (Å²) in [4.78, 5) is 0. The summed E-state index contributed by atoms with van der Waals surface area (Å²) in [7, 11) is 0. The van der Waals surface area contributed by atoms with E-state index in [9.17, 15) is 0 Å². The Morgan fingerprint density at radius 2 is 2.00 bits per heavy atom. The molecule has 1 aromatic carbocycles. The Morgan fingerprint density at radius 3 is 3.00 bits per heavy atom. The molecule has 1 atom stereocenters. The first-order valence-electron chi connectivity index (χ1n) is 5.72. The van der Waals surface area contributed by atoms with Crippen LogP contribution in [-0.4, -0.2) is 0 Å². The van der Waals surface area contributed by atoms with Crippen LogP contribution >= 0.6 is 0 Å². The smallest absolute Gasteiger partial charge is 0.0159 e. The zero-order valence-electron chi connectivity index (χ0n) is 8.50. The van der Waals surface area contributed by atoms with E-state index in [0.717, 1.165) is 5.92 Å². The van der Waals surface area contributed by atoms with E-state index in [1.54, 1.807) is 11.1 Å². The third-order valence-corrected chi connectivity index (χ3v) is 3.65. The molecular formula is C14H16. The first-order chi connectivity index (χ1) is 6.93. The molecule has 2 aliphatic rings. The van der Waals surface area contributed by atoms with Gasteiger partial charge in [0.1, 0.15) is 0 Å². The van der Waals surface area contributed by atoms with Gasteiger partial charge in [0.25, 0.3) is 0 Å². The standard InChI is InChI=1S/C14H16/c1-2-6-12-10-14-8-4-3-7-13(14)9-11(12)5-1/h1-2,5-6,9,14H,3-4,7-8,10H2/t14-/m0/s1. The lowest BCUT2D eigenvalue weighted by atomic mass is 9.76. The summed E-state index contributed by atoms with van der Waals surface area (Å²) in [5.74, 6) is 0.874. The van der Waals surface area contributed by atoms with Crippen LogP contribution in [0.3, 0.4) is 0 Å². The lowest BCUT2D eigenvalue weighted by Crippen LogP contribution is -2.16. The Bertz CT molecular complexity index is 373. The van der Waals surface area contributed by atoms with Crippen LogP contribution in [0.1, 0.15) is 36.8 Å². The van der Waals surface area contributed by atoms with Gasteiger partial charge in [0, 0.05) is 0 Å². The van der Waals surface area contributed by atoms with Crippen molar-refractivity contribution in [3.63, 3.8) is 0 Å². The van der Waals surface area contributed by atoms with Crippen LogP contribution in [-0.2, 0) is 6.42 Å². The highest BCUT2D eigenvalue weighted by Gasteiger charge is 2.23. The van der Waals surface area contributed by atoms with Crippen LogP contribution in [0.2, 0.25) is 0 Å². The first kappa shape index (κ1) is 8.28. The molecule has 2 aliphatic carbocycles. The molecule has 1 aromatic rings. The number of allylic oxidation sites excluding steroid dienone is 1. The van der Waals surface area contributed by atoms with Crippen molar-refractivity contribution in [2.24, 2.45) is 5.92 Å². The van der Waals surface area contributed by atoms with E-state index < -0.39 is 0 Å². The van der Waals surface area contributed by atoms with Crippen molar-refractivity contribution in [2.75, 3.05) is 0 Å². The topological polar surface area (TPSA) is 0 Å². The highest BCUT2D eigenvalue weighted by molar-refractivity contribution is 5.60. The summed E-state index contributed by atoms with van der Waals surface area (Å²) in [6.45, 7) is 0. The fourth-order valence-electron chi connectivity index (χ4n) is 2.86. The lowest BCUT2D eigenvalue weighted by molar-refractivity contribution is 0.450. The van der Waals surface area contributed by atoms with Crippen LogP contribution in [0.15, 0.2) is 29.8 Å². The molecule has 1 saturated carbocycles. The normalized spacial score (nSPS) is 24.9. The molecule has 0 N–H and O–H groups in total. The maximum absolute atomic E-state index is 2.45. The van der Waals surface area contributed by atoms with Gasteiger partial charge in [0.15, 0.2) is 0 Å². The Balaban J connectivity index is 2.03. The number of hydrogen-bond donors (Lipinski definition) is 0. The predicted molar refractivity (Wildman–Crippen MR) is 60.1 cm³/mol. The molecule has 0 amide bonds. The molecule has 0 nitrogen and oxygen atoms in total. The van der Waals surface area contributed by atoms with Crippen LogP contribution in [0.5, 0.6) is 0 Å². The molecule has 0 aromatic heterocycles. The average molecular weight is 184 g/mol. The number of rotatable bonds is 0. The molecule has 3 rings (SSSR count). The Labute approximate surface area is 85.6 Å². The molecule has 0 bridgehead atoms. The van der Waals surface area contributed by atoms with Crippen molar-refractivity contribution in [1.29, 1.82) is 0 Å². The summed E-state index contributed by atoms with van der Waals surface area (Å²) >= 11 is 0. The molecule has 72 valence electrons. The van der Waals surface area contributed by atoms with E-state index in [1.165, 1.54) is 37.7 Å². The van der Waals surface area contributed by atoms with Gasteiger partial charge in [0.2, 0.25) is 0 Å². The largest absolute Gasteiger partial charge is 0.0662 e. The van der Waals surface area contributed by atoms with Crippen molar-refractivity contribution in [1.82, 2.24) is 0 Å². The third-order valence-electron chi connectivity index (χ3n) is 3.65. The number of fused-ring (bicyclic) bond motifs is 2. The predicted octanol–water partition coefficient (Wildman–Crippen LogP) is 3.82. The average Bonchev–Trinajstić information content (AvgIpc) is 2.26. The quantitative estimate of drug-likeness (QED) is 0.575. The molecular weight excluding hydrogens is 168 g/mol. The molecule has 14 heavy (non-hydrogen) atoms. The van der Waals surface area contributed by atoms with Gasteiger partial charge in [0.05, 0.1) is 0 Å². The second-order valence-electron chi connectivity index (χ2n) is 4.56. The van der Waals surface area contributed by atoms with Crippen LogP contribution in [0.4, 0.5) is 0 Å². The molecule has 0 aliphatic heterocycles. The zero-order valence-corrected chi connectivity index (χ0v) is 8.50. The summed E-state index contributed by atoms with van der Waals surface area (Å²) in [5, 5.41) is 0. The Morgan fingerprint density at radius 1 is 1.07 bits per heavy atom. The summed E-state index contributed by atoms with van der Waals surface area (Å²) in [5.41, 5.74) is 4.75. The molecule has 0 unspecified atom stereocenters. The summed E-state index contributed by atoms with van der Waals surface area (Å²) in [6.07, 6.45) is 9.35. The zero-order chi connectivity index (χ0) is 9.38. The van der Waals surface area contributed by atoms with Gasteiger partial charge in [-0.15, -0.1) is 0 Å². The highest BCUT2D eigenvalue weighted by atomic mass is 14.3. The van der Waals surface area contributed by atoms with Gasteiger partial charge in [-0.1, -0.05) is 42.3 Å². The van der Waals surface area contributed by atoms with Crippen LogP contribution in [0.25, 0.3) is 6.08 Å². The van der Waals surface area contributed by atoms with Gasteiger partial charge >= 0.3 is 0 Å². The number of benzene rings is 1. The Hall–Kier alpha value is -1.04. The fraction of sp³-hybridized carbons (Fsp3) is 0.429. The second kappa shape index (κ2) is 3.27. The van der Waals surface area contributed by atoms with Gasteiger partial charge < -0.3 is 0 Å². The molecule has 0 saturated heterocycles. The Kier molecular flexibility index (Phi) is 1.93. The van der Waals surface area contributed by atoms with E-state index in [0.29, 0.717) is 0 Å². The third kappa shape index (κ3) is 1.30. The van der Waals surface area contributed by atoms with Crippen molar-refractivity contribution >= 4 is 6.08 Å². The van der Waals surface area contributed by atoms with E-state index in [4.69, 9.17) is 0 Å². The monoisotopic (exact) mass is 184 g/mol. The molecule has 0 heteroatoms.